The molecule has 1 aromatic rings. The Hall–Kier alpha value is -1.36. The maximum atomic E-state index is 12.1. The van der Waals surface area contributed by atoms with Crippen LogP contribution in [0.1, 0.15) is 29.0 Å². The van der Waals surface area contributed by atoms with E-state index in [-0.39, 0.29) is 11.9 Å². The molecule has 5 nitrogen and oxygen atoms in total. The number of nitrogens with zero attached hydrogens (tertiary/aromatic N) is 2. The molecule has 0 aromatic carbocycles. The van der Waals surface area contributed by atoms with Gasteiger partial charge in [0.15, 0.2) is 0 Å². The van der Waals surface area contributed by atoms with E-state index >= 15 is 0 Å². The lowest BCUT2D eigenvalue weighted by Gasteiger charge is -2.26. The van der Waals surface area contributed by atoms with E-state index in [0.29, 0.717) is 18.2 Å². The fourth-order valence-electron chi connectivity index (χ4n) is 1.96. The number of carbonyl (C=O) groups excluding carboxylic acids is 1. The number of hydrogen-bond donors (Lipinski definition) is 1. The quantitative estimate of drug-likeness (QED) is 0.819. The number of hydrogen-bond acceptors (Lipinski definition) is 4. The first kappa shape index (κ1) is 11.1. The minimum atomic E-state index is -0.127. The highest BCUT2D eigenvalue weighted by atomic mass is 16.5. The summed E-state index contributed by atoms with van der Waals surface area (Å²) in [5.41, 5.74) is 6.47. The van der Waals surface area contributed by atoms with Crippen molar-refractivity contribution in [1.82, 2.24) is 10.1 Å². The van der Waals surface area contributed by atoms with Gasteiger partial charge in [-0.15, -0.1) is 0 Å². The number of likely N-dealkylation sites (N-methyl/N-ethyl adjacent to an activating group) is 1. The second kappa shape index (κ2) is 4.25. The molecule has 2 rings (SSSR count). The van der Waals surface area contributed by atoms with Crippen LogP contribution in [0.15, 0.2) is 10.7 Å². The van der Waals surface area contributed by atoms with Crippen molar-refractivity contribution >= 4 is 5.91 Å². The Labute approximate surface area is 94.6 Å². The van der Waals surface area contributed by atoms with Crippen molar-refractivity contribution in [3.8, 4) is 0 Å². The Morgan fingerprint density at radius 3 is 2.88 bits per heavy atom. The van der Waals surface area contributed by atoms with Crippen LogP contribution in [-0.4, -0.2) is 35.6 Å². The second-order valence-corrected chi connectivity index (χ2v) is 4.39. The van der Waals surface area contributed by atoms with Gasteiger partial charge in [-0.05, 0) is 25.7 Å². The minimum absolute atomic E-state index is 0.122. The molecule has 1 amide bonds. The highest BCUT2D eigenvalue weighted by Crippen LogP contribution is 2.35. The van der Waals surface area contributed by atoms with Gasteiger partial charge in [-0.1, -0.05) is 5.16 Å². The predicted octanol–water partition coefficient (Wildman–Crippen LogP) is 0.792. The third kappa shape index (κ3) is 1.95. The van der Waals surface area contributed by atoms with Crippen LogP contribution in [0.5, 0.6) is 0 Å². The Bertz CT molecular complexity index is 384. The predicted molar refractivity (Wildman–Crippen MR) is 58.9 cm³/mol. The normalized spacial score (nSPS) is 17.2. The Morgan fingerprint density at radius 1 is 1.75 bits per heavy atom. The van der Waals surface area contributed by atoms with E-state index in [2.05, 4.69) is 5.16 Å². The molecule has 1 atom stereocenters. The zero-order valence-electron chi connectivity index (χ0n) is 9.64. The molecule has 1 fully saturated rings. The maximum Gasteiger partial charge on any atom is 0.292 e. The molecule has 1 aliphatic rings. The van der Waals surface area contributed by atoms with Gasteiger partial charge in [-0.2, -0.15) is 0 Å². The lowest BCUT2D eigenvalue weighted by atomic mass is 10.1. The van der Waals surface area contributed by atoms with Gasteiger partial charge < -0.3 is 15.2 Å². The average Bonchev–Trinajstić information content (AvgIpc) is 3.01. The van der Waals surface area contributed by atoms with Gasteiger partial charge in [-0.3, -0.25) is 4.79 Å². The highest BCUT2D eigenvalue weighted by Gasteiger charge is 2.36. The number of amides is 1. The Balaban J connectivity index is 2.11. The third-order valence-corrected chi connectivity index (χ3v) is 3.17. The first-order chi connectivity index (χ1) is 7.65. The Morgan fingerprint density at radius 2 is 2.44 bits per heavy atom. The molecule has 1 unspecified atom stereocenters. The van der Waals surface area contributed by atoms with E-state index in [9.17, 15) is 4.79 Å². The summed E-state index contributed by atoms with van der Waals surface area (Å²) in [5, 5.41) is 3.62. The van der Waals surface area contributed by atoms with Crippen LogP contribution in [0.2, 0.25) is 0 Å². The second-order valence-electron chi connectivity index (χ2n) is 4.39. The first-order valence-corrected chi connectivity index (χ1v) is 5.53. The summed E-state index contributed by atoms with van der Waals surface area (Å²) in [7, 11) is 1.78. The van der Waals surface area contributed by atoms with Crippen LogP contribution < -0.4 is 5.73 Å². The van der Waals surface area contributed by atoms with Gasteiger partial charge in [0.2, 0.25) is 5.76 Å². The summed E-state index contributed by atoms with van der Waals surface area (Å²) < 4.78 is 4.96. The molecule has 0 bridgehead atoms. The fraction of sp³-hybridized carbons (Fsp3) is 0.636. The van der Waals surface area contributed by atoms with Gasteiger partial charge in [0.05, 0.1) is 6.20 Å². The molecule has 0 saturated heterocycles. The molecule has 1 saturated carbocycles. The number of aromatic nitrogens is 1. The van der Waals surface area contributed by atoms with Crippen molar-refractivity contribution in [3.63, 3.8) is 0 Å². The van der Waals surface area contributed by atoms with Crippen LogP contribution in [-0.2, 0) is 0 Å². The molecule has 5 heteroatoms. The van der Waals surface area contributed by atoms with Crippen LogP contribution in [0.25, 0.3) is 0 Å². The summed E-state index contributed by atoms with van der Waals surface area (Å²) in [5.74, 6) is 0.751. The smallest absolute Gasteiger partial charge is 0.292 e. The lowest BCUT2D eigenvalue weighted by Crippen LogP contribution is -2.43. The van der Waals surface area contributed by atoms with E-state index in [1.165, 1.54) is 0 Å². The van der Waals surface area contributed by atoms with Crippen LogP contribution in [0.3, 0.4) is 0 Å². The summed E-state index contributed by atoms with van der Waals surface area (Å²) in [4.78, 5) is 13.8. The fourth-order valence-corrected chi connectivity index (χ4v) is 1.96. The van der Waals surface area contributed by atoms with Crippen LogP contribution in [0, 0.1) is 12.8 Å². The van der Waals surface area contributed by atoms with Gasteiger partial charge in [0, 0.05) is 25.2 Å². The van der Waals surface area contributed by atoms with Crippen LogP contribution in [0.4, 0.5) is 0 Å². The van der Waals surface area contributed by atoms with Crippen molar-refractivity contribution in [1.29, 1.82) is 0 Å². The average molecular weight is 223 g/mol. The summed E-state index contributed by atoms with van der Waals surface area (Å²) in [6, 6.07) is 0.122. The number of nitrogens with two attached hydrogens (primary N) is 1. The SMILES string of the molecule is Cc1cnoc1C(=O)N(C)C(CN)C1CC1. The van der Waals surface area contributed by atoms with E-state index in [1.807, 2.05) is 6.92 Å². The summed E-state index contributed by atoms with van der Waals surface area (Å²) in [6.45, 7) is 2.31. The molecule has 2 N–H and O–H groups in total. The molecular weight excluding hydrogens is 206 g/mol. The van der Waals surface area contributed by atoms with Crippen molar-refractivity contribution in [3.05, 3.63) is 17.5 Å². The molecule has 1 heterocycles. The lowest BCUT2D eigenvalue weighted by molar-refractivity contribution is 0.0675. The van der Waals surface area contributed by atoms with Crippen molar-refractivity contribution in [2.24, 2.45) is 11.7 Å². The van der Waals surface area contributed by atoms with Gasteiger partial charge in [-0.25, -0.2) is 0 Å². The van der Waals surface area contributed by atoms with Crippen molar-refractivity contribution in [2.75, 3.05) is 13.6 Å². The number of rotatable bonds is 4. The molecule has 16 heavy (non-hydrogen) atoms. The van der Waals surface area contributed by atoms with E-state index in [0.717, 1.165) is 18.4 Å². The highest BCUT2D eigenvalue weighted by molar-refractivity contribution is 5.92. The van der Waals surface area contributed by atoms with Crippen LogP contribution >= 0.6 is 0 Å². The summed E-state index contributed by atoms with van der Waals surface area (Å²) in [6.07, 6.45) is 3.87. The van der Waals surface area contributed by atoms with Gasteiger partial charge in [0.25, 0.3) is 5.91 Å². The molecule has 0 spiro atoms. The summed E-state index contributed by atoms with van der Waals surface area (Å²) >= 11 is 0. The molecule has 88 valence electrons. The van der Waals surface area contributed by atoms with E-state index < -0.39 is 0 Å². The largest absolute Gasteiger partial charge is 0.351 e. The molecule has 1 aromatic heterocycles. The standard InChI is InChI=1S/C11H17N3O2/c1-7-6-13-16-10(7)11(15)14(2)9(5-12)8-3-4-8/h6,8-9H,3-5,12H2,1-2H3. The number of aryl methyl sites for hydroxylation is 1. The molecular formula is C11H17N3O2. The van der Waals surface area contributed by atoms with Gasteiger partial charge in [0.1, 0.15) is 0 Å². The van der Waals surface area contributed by atoms with Crippen molar-refractivity contribution < 1.29 is 9.32 Å². The zero-order valence-corrected chi connectivity index (χ0v) is 9.64. The third-order valence-electron chi connectivity index (χ3n) is 3.17. The monoisotopic (exact) mass is 223 g/mol. The topological polar surface area (TPSA) is 72.4 Å². The van der Waals surface area contributed by atoms with Crippen molar-refractivity contribution in [2.45, 2.75) is 25.8 Å². The Kier molecular flexibility index (Phi) is 2.96. The number of carbonyl (C=O) groups is 1. The molecule has 1 aliphatic carbocycles. The minimum Gasteiger partial charge on any atom is -0.351 e. The zero-order chi connectivity index (χ0) is 11.7. The maximum absolute atomic E-state index is 12.1. The molecule has 0 radical (unpaired) electrons. The molecule has 0 aliphatic heterocycles. The van der Waals surface area contributed by atoms with Gasteiger partial charge >= 0.3 is 0 Å². The van der Waals surface area contributed by atoms with E-state index in [1.54, 1.807) is 18.1 Å². The first-order valence-electron chi connectivity index (χ1n) is 5.53. The van der Waals surface area contributed by atoms with E-state index in [4.69, 9.17) is 10.3 Å².